The van der Waals surface area contributed by atoms with Crippen molar-refractivity contribution in [3.63, 3.8) is 0 Å². The average Bonchev–Trinajstić information content (AvgIpc) is 2.93. The van der Waals surface area contributed by atoms with Gasteiger partial charge in [-0.15, -0.1) is 0 Å². The molecule has 1 atom stereocenters. The molecule has 0 aliphatic heterocycles. The zero-order chi connectivity index (χ0) is 19.6. The highest BCUT2D eigenvalue weighted by molar-refractivity contribution is 5.79. The summed E-state index contributed by atoms with van der Waals surface area (Å²) in [5.41, 5.74) is -0.513. The predicted octanol–water partition coefficient (Wildman–Crippen LogP) is 1.56. The lowest BCUT2D eigenvalue weighted by Crippen LogP contribution is -2.48. The maximum Gasteiger partial charge on any atom is 0.407 e. The van der Waals surface area contributed by atoms with Crippen LogP contribution >= 0.6 is 0 Å². The van der Waals surface area contributed by atoms with Crippen LogP contribution in [-0.4, -0.2) is 51.5 Å². The van der Waals surface area contributed by atoms with Gasteiger partial charge < -0.3 is 20.7 Å². The summed E-state index contributed by atoms with van der Waals surface area (Å²) in [6.07, 6.45) is 2.90. The molecule has 1 amide bonds. The predicted molar refractivity (Wildman–Crippen MR) is 102 cm³/mol. The minimum Gasteiger partial charge on any atom is -0.444 e. The number of aryl methyl sites for hydroxylation is 1. The number of carbonyl (C=O) groups is 1. The highest BCUT2D eigenvalue weighted by Gasteiger charge is 2.19. The Labute approximate surface area is 156 Å². The van der Waals surface area contributed by atoms with Crippen molar-refractivity contribution in [2.75, 3.05) is 13.1 Å². The smallest absolute Gasteiger partial charge is 0.407 e. The monoisotopic (exact) mass is 367 g/mol. The molecule has 0 spiro atoms. The van der Waals surface area contributed by atoms with Crippen LogP contribution < -0.4 is 16.0 Å². The highest BCUT2D eigenvalue weighted by Crippen LogP contribution is 2.07. The van der Waals surface area contributed by atoms with Gasteiger partial charge in [0.15, 0.2) is 5.96 Å². The number of hydrogen-bond acceptors (Lipinski definition) is 5. The van der Waals surface area contributed by atoms with Crippen molar-refractivity contribution >= 4 is 12.1 Å². The molecule has 148 valence electrons. The third-order valence-corrected chi connectivity index (χ3v) is 3.40. The molecule has 1 unspecified atom stereocenters. The van der Waals surface area contributed by atoms with E-state index in [1.54, 1.807) is 4.68 Å². The summed E-state index contributed by atoms with van der Waals surface area (Å²) in [5, 5.41) is 13.4. The van der Waals surface area contributed by atoms with E-state index in [9.17, 15) is 4.79 Å². The fourth-order valence-corrected chi connectivity index (χ4v) is 2.22. The van der Waals surface area contributed by atoms with Gasteiger partial charge in [-0.1, -0.05) is 13.3 Å². The second-order valence-electron chi connectivity index (χ2n) is 7.01. The Morgan fingerprint density at radius 2 is 2.08 bits per heavy atom. The molecule has 0 aliphatic rings. The number of rotatable bonds is 8. The molecule has 0 aromatic carbocycles. The Hall–Kier alpha value is -2.32. The quantitative estimate of drug-likeness (QED) is 0.476. The Balaban J connectivity index is 2.61. The van der Waals surface area contributed by atoms with Crippen LogP contribution in [-0.2, 0) is 18.3 Å². The van der Waals surface area contributed by atoms with Gasteiger partial charge in [0.2, 0.25) is 0 Å². The molecule has 9 nitrogen and oxygen atoms in total. The van der Waals surface area contributed by atoms with Crippen molar-refractivity contribution < 1.29 is 9.53 Å². The van der Waals surface area contributed by atoms with Crippen LogP contribution in [0.5, 0.6) is 0 Å². The van der Waals surface area contributed by atoms with E-state index in [-0.39, 0.29) is 6.04 Å². The van der Waals surface area contributed by atoms with Crippen molar-refractivity contribution in [3.05, 3.63) is 12.2 Å². The van der Waals surface area contributed by atoms with Gasteiger partial charge in [-0.25, -0.2) is 14.8 Å². The van der Waals surface area contributed by atoms with Crippen molar-refractivity contribution in [1.82, 2.24) is 30.7 Å². The second kappa shape index (κ2) is 10.6. The topological polar surface area (TPSA) is 105 Å². The van der Waals surface area contributed by atoms with Gasteiger partial charge in [-0.2, -0.15) is 5.10 Å². The summed E-state index contributed by atoms with van der Waals surface area (Å²) in [6.45, 7) is 11.3. The Morgan fingerprint density at radius 1 is 1.35 bits per heavy atom. The zero-order valence-corrected chi connectivity index (χ0v) is 16.8. The zero-order valence-electron chi connectivity index (χ0n) is 16.8. The first-order chi connectivity index (χ1) is 12.2. The molecular formula is C17H33N7O2. The molecule has 0 saturated carbocycles. The number of aliphatic imine (C=N–C) groups is 1. The molecule has 26 heavy (non-hydrogen) atoms. The third-order valence-electron chi connectivity index (χ3n) is 3.40. The summed E-state index contributed by atoms with van der Waals surface area (Å²) in [7, 11) is 1.83. The maximum absolute atomic E-state index is 12.0. The molecular weight excluding hydrogens is 334 g/mol. The van der Waals surface area contributed by atoms with E-state index in [2.05, 4.69) is 37.9 Å². The van der Waals surface area contributed by atoms with E-state index < -0.39 is 11.7 Å². The molecule has 1 rings (SSSR count). The fourth-order valence-electron chi connectivity index (χ4n) is 2.22. The largest absolute Gasteiger partial charge is 0.444 e. The van der Waals surface area contributed by atoms with Gasteiger partial charge in [-0.3, -0.25) is 4.68 Å². The lowest BCUT2D eigenvalue weighted by atomic mass is 10.1. The summed E-state index contributed by atoms with van der Waals surface area (Å²) in [5.74, 6) is 1.45. The van der Waals surface area contributed by atoms with Crippen LogP contribution in [0.1, 0.15) is 53.3 Å². The van der Waals surface area contributed by atoms with Crippen LogP contribution in [0.15, 0.2) is 11.3 Å². The van der Waals surface area contributed by atoms with E-state index in [0.717, 1.165) is 25.2 Å². The van der Waals surface area contributed by atoms with Gasteiger partial charge in [0.25, 0.3) is 0 Å². The van der Waals surface area contributed by atoms with Crippen LogP contribution in [0.2, 0.25) is 0 Å². The summed E-state index contributed by atoms with van der Waals surface area (Å²) < 4.78 is 7.03. The van der Waals surface area contributed by atoms with Gasteiger partial charge in [0.05, 0.1) is 0 Å². The van der Waals surface area contributed by atoms with Crippen molar-refractivity contribution in [2.24, 2.45) is 12.0 Å². The molecule has 0 fully saturated rings. The van der Waals surface area contributed by atoms with Gasteiger partial charge in [0, 0.05) is 26.2 Å². The molecule has 0 bridgehead atoms. The summed E-state index contributed by atoms with van der Waals surface area (Å²) in [4.78, 5) is 20.7. The number of hydrogen-bond donors (Lipinski definition) is 3. The number of aromatic nitrogens is 3. The number of nitrogens with zero attached hydrogens (tertiary/aromatic N) is 4. The molecule has 0 aliphatic carbocycles. The minimum atomic E-state index is -0.513. The van der Waals surface area contributed by atoms with Gasteiger partial charge in [-0.05, 0) is 34.1 Å². The van der Waals surface area contributed by atoms with E-state index in [1.807, 2.05) is 34.7 Å². The molecule has 9 heteroatoms. The van der Waals surface area contributed by atoms with E-state index in [4.69, 9.17) is 4.74 Å². The van der Waals surface area contributed by atoms with Crippen LogP contribution in [0, 0.1) is 0 Å². The SMILES string of the molecule is CCCC(CNC(=NCc1ncnn1C)NCC)NC(=O)OC(C)(C)C. The van der Waals surface area contributed by atoms with Crippen molar-refractivity contribution in [3.8, 4) is 0 Å². The standard InChI is InChI=1S/C17H33N7O2/c1-7-9-13(23-16(25)26-17(3,4)5)10-19-15(18-8-2)20-11-14-21-12-22-24(14)6/h12-13H,7-11H2,1-6H3,(H,23,25)(H2,18,19,20). The third kappa shape index (κ3) is 8.68. The fraction of sp³-hybridized carbons (Fsp3) is 0.765. The Morgan fingerprint density at radius 3 is 2.62 bits per heavy atom. The van der Waals surface area contributed by atoms with Gasteiger partial charge >= 0.3 is 6.09 Å². The lowest BCUT2D eigenvalue weighted by molar-refractivity contribution is 0.0502. The lowest BCUT2D eigenvalue weighted by Gasteiger charge is -2.24. The molecule has 1 aromatic heterocycles. The van der Waals surface area contributed by atoms with Crippen molar-refractivity contribution in [2.45, 2.75) is 65.6 Å². The summed E-state index contributed by atoms with van der Waals surface area (Å²) >= 11 is 0. The second-order valence-corrected chi connectivity index (χ2v) is 7.01. The number of nitrogens with one attached hydrogen (secondary N) is 3. The van der Waals surface area contributed by atoms with E-state index in [0.29, 0.717) is 19.0 Å². The molecule has 1 aromatic rings. The van der Waals surface area contributed by atoms with Crippen LogP contribution in [0.25, 0.3) is 0 Å². The number of guanidine groups is 1. The average molecular weight is 367 g/mol. The molecule has 0 saturated heterocycles. The number of amides is 1. The normalized spacial score (nSPS) is 13.2. The molecule has 0 radical (unpaired) electrons. The summed E-state index contributed by atoms with van der Waals surface area (Å²) in [6, 6.07) is -0.0477. The molecule has 1 heterocycles. The van der Waals surface area contributed by atoms with Crippen molar-refractivity contribution in [1.29, 1.82) is 0 Å². The maximum atomic E-state index is 12.0. The minimum absolute atomic E-state index is 0.0477. The van der Waals surface area contributed by atoms with E-state index in [1.165, 1.54) is 6.33 Å². The highest BCUT2D eigenvalue weighted by atomic mass is 16.6. The first-order valence-corrected chi connectivity index (χ1v) is 9.09. The first-order valence-electron chi connectivity index (χ1n) is 9.09. The molecule has 3 N–H and O–H groups in total. The first kappa shape index (κ1) is 21.7. The Kier molecular flexibility index (Phi) is 8.87. The van der Waals surface area contributed by atoms with Crippen LogP contribution in [0.4, 0.5) is 4.79 Å². The van der Waals surface area contributed by atoms with Gasteiger partial charge in [0.1, 0.15) is 24.3 Å². The number of alkyl carbamates (subject to hydrolysis) is 1. The van der Waals surface area contributed by atoms with Crippen LogP contribution in [0.3, 0.4) is 0 Å². The Bertz CT molecular complexity index is 578. The number of ether oxygens (including phenoxy) is 1. The van der Waals surface area contributed by atoms with E-state index >= 15 is 0 Å². The number of carbonyl (C=O) groups excluding carboxylic acids is 1.